The molecule has 0 heterocycles. The van der Waals surface area contributed by atoms with Gasteiger partial charge in [-0.15, -0.1) is 0 Å². The summed E-state index contributed by atoms with van der Waals surface area (Å²) in [4.78, 5) is 0. The molecule has 0 saturated carbocycles. The summed E-state index contributed by atoms with van der Waals surface area (Å²) < 4.78 is 0. The maximum atomic E-state index is 2.33. The molecule has 0 spiro atoms. The first-order valence-corrected chi connectivity index (χ1v) is 6.31. The van der Waals surface area contributed by atoms with E-state index in [2.05, 4.69) is 45.0 Å². The first kappa shape index (κ1) is 12.3. The van der Waals surface area contributed by atoms with E-state index in [-0.39, 0.29) is 0 Å². The van der Waals surface area contributed by atoms with Gasteiger partial charge in [0.1, 0.15) is 0 Å². The predicted octanol–water partition coefficient (Wildman–Crippen LogP) is 4.75. The molecule has 0 aliphatic carbocycles. The molecule has 0 bridgehead atoms. The van der Waals surface area contributed by atoms with E-state index in [0.717, 1.165) is 5.92 Å². The molecular formula is C15H24. The minimum Gasteiger partial charge on any atom is -0.0654 e. The molecule has 0 aliphatic rings. The lowest BCUT2D eigenvalue weighted by Gasteiger charge is -2.15. The van der Waals surface area contributed by atoms with Crippen LogP contribution in [0.3, 0.4) is 0 Å². The molecule has 1 aromatic rings. The average Bonchev–Trinajstić information content (AvgIpc) is 2.18. The SMILES string of the molecule is CCCC(CCC)Cc1cccc(C)c1. The molecule has 0 fully saturated rings. The zero-order valence-corrected chi connectivity index (χ0v) is 10.4. The number of benzene rings is 1. The first-order valence-electron chi connectivity index (χ1n) is 6.31. The van der Waals surface area contributed by atoms with Gasteiger partial charge in [-0.05, 0) is 24.8 Å². The molecule has 0 unspecified atom stereocenters. The zero-order chi connectivity index (χ0) is 11.1. The van der Waals surface area contributed by atoms with E-state index >= 15 is 0 Å². The molecule has 0 atom stereocenters. The zero-order valence-electron chi connectivity index (χ0n) is 10.4. The maximum Gasteiger partial charge on any atom is -0.0250 e. The van der Waals surface area contributed by atoms with Gasteiger partial charge in [-0.2, -0.15) is 0 Å². The standard InChI is InChI=1S/C15H24/c1-4-7-14(8-5-2)12-15-10-6-9-13(3)11-15/h6,9-11,14H,4-5,7-8,12H2,1-3H3. The summed E-state index contributed by atoms with van der Waals surface area (Å²) in [7, 11) is 0. The predicted molar refractivity (Wildman–Crippen MR) is 68.2 cm³/mol. The third-order valence-electron chi connectivity index (χ3n) is 3.00. The Labute approximate surface area is 94.7 Å². The Bertz CT molecular complexity index is 269. The molecule has 0 amide bonds. The van der Waals surface area contributed by atoms with Crippen LogP contribution in [0.25, 0.3) is 0 Å². The summed E-state index contributed by atoms with van der Waals surface area (Å²) in [5.74, 6) is 0.891. The normalized spacial score (nSPS) is 10.9. The molecule has 15 heavy (non-hydrogen) atoms. The third-order valence-corrected chi connectivity index (χ3v) is 3.00. The Morgan fingerprint density at radius 1 is 1.07 bits per heavy atom. The quantitative estimate of drug-likeness (QED) is 0.627. The summed E-state index contributed by atoms with van der Waals surface area (Å²) in [6.45, 7) is 6.76. The van der Waals surface area contributed by atoms with Crippen LogP contribution in [0, 0.1) is 12.8 Å². The highest BCUT2D eigenvalue weighted by Gasteiger charge is 2.07. The van der Waals surface area contributed by atoms with E-state index in [1.54, 1.807) is 0 Å². The molecule has 0 nitrogen and oxygen atoms in total. The molecule has 84 valence electrons. The van der Waals surface area contributed by atoms with Crippen molar-refractivity contribution in [3.8, 4) is 0 Å². The van der Waals surface area contributed by atoms with Crippen molar-refractivity contribution in [3.05, 3.63) is 35.4 Å². The van der Waals surface area contributed by atoms with Crippen LogP contribution >= 0.6 is 0 Å². The molecule has 0 saturated heterocycles. The maximum absolute atomic E-state index is 2.33. The second kappa shape index (κ2) is 6.66. The summed E-state index contributed by atoms with van der Waals surface area (Å²) in [5, 5.41) is 0. The summed E-state index contributed by atoms with van der Waals surface area (Å²) in [5.41, 5.74) is 2.90. The second-order valence-corrected chi connectivity index (χ2v) is 4.64. The lowest BCUT2D eigenvalue weighted by atomic mass is 9.91. The minimum atomic E-state index is 0.891. The van der Waals surface area contributed by atoms with Crippen LogP contribution < -0.4 is 0 Å². The van der Waals surface area contributed by atoms with Gasteiger partial charge in [-0.25, -0.2) is 0 Å². The highest BCUT2D eigenvalue weighted by Crippen LogP contribution is 2.19. The Kier molecular flexibility index (Phi) is 5.45. The van der Waals surface area contributed by atoms with Gasteiger partial charge in [0.15, 0.2) is 0 Å². The van der Waals surface area contributed by atoms with Gasteiger partial charge in [-0.1, -0.05) is 69.4 Å². The van der Waals surface area contributed by atoms with Crippen LogP contribution in [0.2, 0.25) is 0 Å². The third kappa shape index (κ3) is 4.51. The summed E-state index contributed by atoms with van der Waals surface area (Å²) in [6.07, 6.45) is 6.65. The van der Waals surface area contributed by atoms with E-state index in [1.807, 2.05) is 0 Å². The highest BCUT2D eigenvalue weighted by atomic mass is 14.1. The van der Waals surface area contributed by atoms with Crippen LogP contribution in [0.1, 0.15) is 50.7 Å². The lowest BCUT2D eigenvalue weighted by Crippen LogP contribution is -2.04. The molecular weight excluding hydrogens is 180 g/mol. The molecule has 0 radical (unpaired) electrons. The van der Waals surface area contributed by atoms with Gasteiger partial charge in [0.25, 0.3) is 0 Å². The second-order valence-electron chi connectivity index (χ2n) is 4.64. The van der Waals surface area contributed by atoms with Gasteiger partial charge in [0.2, 0.25) is 0 Å². The van der Waals surface area contributed by atoms with Crippen molar-refractivity contribution in [1.82, 2.24) is 0 Å². The van der Waals surface area contributed by atoms with Crippen molar-refractivity contribution in [1.29, 1.82) is 0 Å². The van der Waals surface area contributed by atoms with E-state index in [4.69, 9.17) is 0 Å². The van der Waals surface area contributed by atoms with Gasteiger partial charge in [-0.3, -0.25) is 0 Å². The number of hydrogen-bond acceptors (Lipinski definition) is 0. The largest absolute Gasteiger partial charge is 0.0654 e. The van der Waals surface area contributed by atoms with Crippen LogP contribution in [0.5, 0.6) is 0 Å². The first-order chi connectivity index (χ1) is 7.26. The fourth-order valence-corrected chi connectivity index (χ4v) is 2.34. The minimum absolute atomic E-state index is 0.891. The Balaban J connectivity index is 2.56. The van der Waals surface area contributed by atoms with Crippen LogP contribution in [-0.2, 0) is 6.42 Å². The molecule has 0 aliphatic heterocycles. The fraction of sp³-hybridized carbons (Fsp3) is 0.600. The average molecular weight is 204 g/mol. The van der Waals surface area contributed by atoms with Crippen LogP contribution in [0.4, 0.5) is 0 Å². The van der Waals surface area contributed by atoms with E-state index < -0.39 is 0 Å². The smallest absolute Gasteiger partial charge is 0.0250 e. The Morgan fingerprint density at radius 3 is 2.27 bits per heavy atom. The van der Waals surface area contributed by atoms with Crippen molar-refractivity contribution >= 4 is 0 Å². The molecule has 1 rings (SSSR count). The van der Waals surface area contributed by atoms with Crippen molar-refractivity contribution < 1.29 is 0 Å². The lowest BCUT2D eigenvalue weighted by molar-refractivity contribution is 0.438. The van der Waals surface area contributed by atoms with Crippen LogP contribution in [-0.4, -0.2) is 0 Å². The van der Waals surface area contributed by atoms with Crippen molar-refractivity contribution in [3.63, 3.8) is 0 Å². The fourth-order valence-electron chi connectivity index (χ4n) is 2.34. The van der Waals surface area contributed by atoms with Crippen molar-refractivity contribution in [2.45, 2.75) is 52.9 Å². The van der Waals surface area contributed by atoms with E-state index in [0.29, 0.717) is 0 Å². The Morgan fingerprint density at radius 2 is 1.73 bits per heavy atom. The van der Waals surface area contributed by atoms with Crippen molar-refractivity contribution in [2.24, 2.45) is 5.92 Å². The van der Waals surface area contributed by atoms with Crippen molar-refractivity contribution in [2.75, 3.05) is 0 Å². The molecule has 0 N–H and O–H groups in total. The summed E-state index contributed by atoms with van der Waals surface area (Å²) in [6, 6.07) is 8.96. The van der Waals surface area contributed by atoms with Gasteiger partial charge >= 0.3 is 0 Å². The van der Waals surface area contributed by atoms with E-state index in [9.17, 15) is 0 Å². The monoisotopic (exact) mass is 204 g/mol. The molecule has 0 heteroatoms. The topological polar surface area (TPSA) is 0 Å². The van der Waals surface area contributed by atoms with Gasteiger partial charge in [0, 0.05) is 0 Å². The Hall–Kier alpha value is -0.780. The van der Waals surface area contributed by atoms with E-state index in [1.165, 1.54) is 43.2 Å². The number of aryl methyl sites for hydroxylation is 1. The molecule has 0 aromatic heterocycles. The molecule has 1 aromatic carbocycles. The van der Waals surface area contributed by atoms with Crippen LogP contribution in [0.15, 0.2) is 24.3 Å². The summed E-state index contributed by atoms with van der Waals surface area (Å²) >= 11 is 0. The van der Waals surface area contributed by atoms with Gasteiger partial charge < -0.3 is 0 Å². The highest BCUT2D eigenvalue weighted by molar-refractivity contribution is 5.22. The number of hydrogen-bond donors (Lipinski definition) is 0. The number of rotatable bonds is 6. The van der Waals surface area contributed by atoms with Gasteiger partial charge in [0.05, 0.1) is 0 Å².